The van der Waals surface area contributed by atoms with Gasteiger partial charge in [0.25, 0.3) is 0 Å². The van der Waals surface area contributed by atoms with Crippen molar-refractivity contribution in [2.75, 3.05) is 6.61 Å². The second kappa shape index (κ2) is 3.81. The molecule has 15 heavy (non-hydrogen) atoms. The molecule has 2 rings (SSSR count). The van der Waals surface area contributed by atoms with Gasteiger partial charge in [0.1, 0.15) is 18.2 Å². The first-order valence-electron chi connectivity index (χ1n) is 4.47. The molecule has 1 aromatic carbocycles. The lowest BCUT2D eigenvalue weighted by Gasteiger charge is -2.10. The van der Waals surface area contributed by atoms with Crippen LogP contribution in [0.15, 0.2) is 16.6 Å². The van der Waals surface area contributed by atoms with Crippen molar-refractivity contribution in [3.8, 4) is 5.75 Å². The molecule has 0 bridgehead atoms. The van der Waals surface area contributed by atoms with E-state index in [2.05, 4.69) is 21.2 Å². The zero-order chi connectivity index (χ0) is 11.0. The molecule has 0 radical (unpaired) electrons. The molecule has 1 unspecified atom stereocenters. The van der Waals surface area contributed by atoms with Gasteiger partial charge in [-0.3, -0.25) is 4.79 Å². The van der Waals surface area contributed by atoms with Gasteiger partial charge in [0.15, 0.2) is 0 Å². The maximum Gasteiger partial charge on any atom is 0.217 e. The Morgan fingerprint density at radius 3 is 3.07 bits per heavy atom. The van der Waals surface area contributed by atoms with Crippen LogP contribution in [0.25, 0.3) is 0 Å². The van der Waals surface area contributed by atoms with Crippen LogP contribution < -0.4 is 10.1 Å². The van der Waals surface area contributed by atoms with E-state index in [-0.39, 0.29) is 24.4 Å². The van der Waals surface area contributed by atoms with E-state index >= 15 is 0 Å². The molecule has 1 aliphatic heterocycles. The molecule has 80 valence electrons. The minimum absolute atomic E-state index is 0.196. The molecule has 0 saturated heterocycles. The maximum atomic E-state index is 13.6. The van der Waals surface area contributed by atoms with Gasteiger partial charge in [0, 0.05) is 11.4 Å². The van der Waals surface area contributed by atoms with E-state index in [0.29, 0.717) is 15.8 Å². The number of ether oxygens (including phenoxy) is 1. The molecular weight excluding hydrogens is 265 g/mol. The number of hydrogen-bond donors (Lipinski definition) is 1. The largest absolute Gasteiger partial charge is 0.491 e. The van der Waals surface area contributed by atoms with Gasteiger partial charge in [-0.25, -0.2) is 4.39 Å². The van der Waals surface area contributed by atoms with Gasteiger partial charge in [-0.05, 0) is 12.1 Å². The Bertz CT molecular complexity index is 422. The molecule has 0 fully saturated rings. The molecule has 5 heteroatoms. The zero-order valence-electron chi connectivity index (χ0n) is 8.01. The van der Waals surface area contributed by atoms with Crippen LogP contribution >= 0.6 is 15.9 Å². The number of nitrogens with one attached hydrogen (secondary N) is 1. The van der Waals surface area contributed by atoms with Crippen LogP contribution in [0.2, 0.25) is 0 Å². The van der Waals surface area contributed by atoms with Gasteiger partial charge in [0.05, 0.1) is 11.6 Å². The van der Waals surface area contributed by atoms with Gasteiger partial charge in [-0.15, -0.1) is 0 Å². The topological polar surface area (TPSA) is 38.3 Å². The number of fused-ring (bicyclic) bond motifs is 1. The Hall–Kier alpha value is -1.10. The Labute approximate surface area is 94.7 Å². The highest BCUT2D eigenvalue weighted by Crippen LogP contribution is 2.36. The van der Waals surface area contributed by atoms with Crippen molar-refractivity contribution in [2.45, 2.75) is 13.0 Å². The molecule has 0 aromatic heterocycles. The number of benzene rings is 1. The molecule has 1 N–H and O–H groups in total. The van der Waals surface area contributed by atoms with Crippen LogP contribution in [0.5, 0.6) is 5.75 Å². The molecular formula is C10H9BrFNO2. The van der Waals surface area contributed by atoms with E-state index in [4.69, 9.17) is 4.74 Å². The third kappa shape index (κ3) is 1.97. The Morgan fingerprint density at radius 2 is 2.40 bits per heavy atom. The zero-order valence-corrected chi connectivity index (χ0v) is 9.60. The van der Waals surface area contributed by atoms with Crippen molar-refractivity contribution in [1.82, 2.24) is 5.32 Å². The van der Waals surface area contributed by atoms with Gasteiger partial charge in [-0.1, -0.05) is 15.9 Å². The number of carbonyl (C=O) groups is 1. The summed E-state index contributed by atoms with van der Waals surface area (Å²) < 4.78 is 19.5. The van der Waals surface area contributed by atoms with Crippen LogP contribution in [0, 0.1) is 5.82 Å². The summed E-state index contributed by atoms with van der Waals surface area (Å²) in [6.07, 6.45) is 0. The van der Waals surface area contributed by atoms with E-state index in [1.54, 1.807) is 6.07 Å². The molecule has 1 aromatic rings. The van der Waals surface area contributed by atoms with Crippen molar-refractivity contribution >= 4 is 21.8 Å². The highest BCUT2D eigenvalue weighted by Gasteiger charge is 2.28. The van der Waals surface area contributed by atoms with Crippen LogP contribution in [0.3, 0.4) is 0 Å². The summed E-state index contributed by atoms with van der Waals surface area (Å²) in [4.78, 5) is 10.9. The minimum atomic E-state index is -0.384. The SMILES string of the molecule is CC(=O)NC1COc2cc(Br)cc(F)c21. The lowest BCUT2D eigenvalue weighted by molar-refractivity contribution is -0.119. The highest BCUT2D eigenvalue weighted by molar-refractivity contribution is 9.10. The predicted octanol–water partition coefficient (Wildman–Crippen LogP) is 2.16. The summed E-state index contributed by atoms with van der Waals surface area (Å²) in [7, 11) is 0. The van der Waals surface area contributed by atoms with Crippen LogP contribution in [-0.2, 0) is 4.79 Å². The minimum Gasteiger partial charge on any atom is -0.491 e. The average molecular weight is 274 g/mol. The van der Waals surface area contributed by atoms with Crippen molar-refractivity contribution in [1.29, 1.82) is 0 Å². The van der Waals surface area contributed by atoms with Crippen molar-refractivity contribution in [3.63, 3.8) is 0 Å². The van der Waals surface area contributed by atoms with Crippen molar-refractivity contribution in [3.05, 3.63) is 28.0 Å². The van der Waals surface area contributed by atoms with E-state index in [1.807, 2.05) is 0 Å². The number of rotatable bonds is 1. The first-order valence-corrected chi connectivity index (χ1v) is 5.26. The van der Waals surface area contributed by atoms with Gasteiger partial charge in [-0.2, -0.15) is 0 Å². The predicted molar refractivity (Wildman–Crippen MR) is 56.2 cm³/mol. The lowest BCUT2D eigenvalue weighted by Crippen LogP contribution is -2.27. The summed E-state index contributed by atoms with van der Waals surface area (Å²) in [5.41, 5.74) is 0.424. The number of hydrogen-bond acceptors (Lipinski definition) is 2. The van der Waals surface area contributed by atoms with Crippen LogP contribution in [0.4, 0.5) is 4.39 Å². The van der Waals surface area contributed by atoms with Crippen LogP contribution in [0.1, 0.15) is 18.5 Å². The molecule has 1 heterocycles. The normalized spacial score (nSPS) is 18.2. The second-order valence-corrected chi connectivity index (χ2v) is 4.28. The smallest absolute Gasteiger partial charge is 0.217 e. The van der Waals surface area contributed by atoms with E-state index in [0.717, 1.165) is 0 Å². The first-order chi connectivity index (χ1) is 7.08. The van der Waals surface area contributed by atoms with Crippen LogP contribution in [-0.4, -0.2) is 12.5 Å². The van der Waals surface area contributed by atoms with Gasteiger partial charge >= 0.3 is 0 Å². The molecule has 1 amide bonds. The number of carbonyl (C=O) groups excluding carboxylic acids is 1. The Morgan fingerprint density at radius 1 is 1.67 bits per heavy atom. The standard InChI is InChI=1S/C10H9BrFNO2/c1-5(14)13-8-4-15-9-3-6(11)2-7(12)10(8)9/h2-3,8H,4H2,1H3,(H,13,14). The van der Waals surface area contributed by atoms with E-state index < -0.39 is 0 Å². The molecule has 0 aliphatic carbocycles. The summed E-state index contributed by atoms with van der Waals surface area (Å²) in [5, 5.41) is 2.64. The van der Waals surface area contributed by atoms with Crippen molar-refractivity contribution < 1.29 is 13.9 Å². The molecule has 0 spiro atoms. The molecule has 1 aliphatic rings. The third-order valence-corrected chi connectivity index (χ3v) is 2.65. The number of halogens is 2. The van der Waals surface area contributed by atoms with Gasteiger partial charge in [0.2, 0.25) is 5.91 Å². The van der Waals surface area contributed by atoms with Gasteiger partial charge < -0.3 is 10.1 Å². The second-order valence-electron chi connectivity index (χ2n) is 3.36. The summed E-state index contributed by atoms with van der Waals surface area (Å²) >= 11 is 3.18. The van der Waals surface area contributed by atoms with E-state index in [9.17, 15) is 9.18 Å². The Balaban J connectivity index is 2.37. The van der Waals surface area contributed by atoms with E-state index in [1.165, 1.54) is 13.0 Å². The Kier molecular flexibility index (Phi) is 2.65. The summed E-state index contributed by atoms with van der Waals surface area (Å²) in [5.74, 6) is -0.0741. The highest BCUT2D eigenvalue weighted by atomic mass is 79.9. The molecule has 3 nitrogen and oxygen atoms in total. The lowest BCUT2D eigenvalue weighted by atomic mass is 10.1. The summed E-state index contributed by atoms with van der Waals surface area (Å²) in [6.45, 7) is 1.68. The summed E-state index contributed by atoms with van der Waals surface area (Å²) in [6, 6.07) is 2.67. The number of amides is 1. The fourth-order valence-electron chi connectivity index (χ4n) is 1.63. The van der Waals surface area contributed by atoms with Crippen molar-refractivity contribution in [2.24, 2.45) is 0 Å². The third-order valence-electron chi connectivity index (χ3n) is 2.19. The monoisotopic (exact) mass is 273 g/mol. The maximum absolute atomic E-state index is 13.6. The first kappa shape index (κ1) is 10.4. The molecule has 0 saturated carbocycles. The fourth-order valence-corrected chi connectivity index (χ4v) is 2.04. The molecule has 1 atom stereocenters. The average Bonchev–Trinajstić information content (AvgIpc) is 2.46. The quantitative estimate of drug-likeness (QED) is 0.852. The fraction of sp³-hybridized carbons (Fsp3) is 0.300.